The number of nitriles is 1. The smallest absolute Gasteiger partial charge is 0.116 e. The lowest BCUT2D eigenvalue weighted by Gasteiger charge is -2.02. The van der Waals surface area contributed by atoms with E-state index in [4.69, 9.17) is 16.9 Å². The van der Waals surface area contributed by atoms with Crippen molar-refractivity contribution >= 4 is 23.4 Å². The summed E-state index contributed by atoms with van der Waals surface area (Å²) in [5, 5.41) is 9.75. The Morgan fingerprint density at radius 2 is 2.50 bits per heavy atom. The van der Waals surface area contributed by atoms with Crippen LogP contribution in [0.2, 0.25) is 5.02 Å². The van der Waals surface area contributed by atoms with Crippen LogP contribution in [0.5, 0.6) is 0 Å². The summed E-state index contributed by atoms with van der Waals surface area (Å²) in [6.07, 6.45) is 1.66. The van der Waals surface area contributed by atoms with E-state index in [1.165, 1.54) is 11.8 Å². The van der Waals surface area contributed by atoms with Crippen molar-refractivity contribution in [1.82, 2.24) is 4.98 Å². The van der Waals surface area contributed by atoms with Gasteiger partial charge in [0.05, 0.1) is 16.3 Å². The number of halogens is 1. The van der Waals surface area contributed by atoms with Gasteiger partial charge in [0.1, 0.15) is 5.03 Å². The number of pyridine rings is 1. The molecule has 2 nitrogen and oxygen atoms in total. The van der Waals surface area contributed by atoms with Crippen LogP contribution < -0.4 is 0 Å². The molecule has 0 saturated heterocycles. The molecule has 0 aliphatic carbocycles. The maximum atomic E-state index is 8.55. The van der Waals surface area contributed by atoms with E-state index in [1.807, 2.05) is 6.92 Å². The molecule has 4 heteroatoms. The average molecular weight is 199 g/mol. The summed E-state index contributed by atoms with van der Waals surface area (Å²) in [5.41, 5.74) is 0. The number of aromatic nitrogens is 1. The number of rotatable bonds is 2. The fourth-order valence-corrected chi connectivity index (χ4v) is 1.60. The Hall–Kier alpha value is -0.720. The summed E-state index contributed by atoms with van der Waals surface area (Å²) in [6, 6.07) is 5.64. The van der Waals surface area contributed by atoms with Crippen LogP contribution in [0.1, 0.15) is 6.92 Å². The van der Waals surface area contributed by atoms with Gasteiger partial charge in [-0.05, 0) is 19.1 Å². The van der Waals surface area contributed by atoms with Crippen molar-refractivity contribution < 1.29 is 0 Å². The summed E-state index contributed by atoms with van der Waals surface area (Å²) < 4.78 is 0. The van der Waals surface area contributed by atoms with Crippen molar-refractivity contribution in [3.63, 3.8) is 0 Å². The molecule has 1 aromatic rings. The molecule has 0 radical (unpaired) electrons. The second-order valence-corrected chi connectivity index (χ2v) is 3.92. The summed E-state index contributed by atoms with van der Waals surface area (Å²) >= 11 is 7.20. The third kappa shape index (κ3) is 2.40. The van der Waals surface area contributed by atoms with Crippen LogP contribution in [0.3, 0.4) is 0 Å². The predicted molar refractivity (Wildman–Crippen MR) is 50.2 cm³/mol. The standard InChI is InChI=1S/C8H7ClN2S/c1-6(5-10)12-8-7(9)3-2-4-11-8/h2-4,6H,1H3. The molecule has 1 rings (SSSR count). The molecule has 62 valence electrons. The van der Waals surface area contributed by atoms with Crippen LogP contribution in [0, 0.1) is 11.3 Å². The highest BCUT2D eigenvalue weighted by Crippen LogP contribution is 2.27. The Kier molecular flexibility index (Phi) is 3.39. The summed E-state index contributed by atoms with van der Waals surface area (Å²) in [7, 11) is 0. The van der Waals surface area contributed by atoms with Gasteiger partial charge in [-0.25, -0.2) is 4.98 Å². The van der Waals surface area contributed by atoms with Gasteiger partial charge >= 0.3 is 0 Å². The topological polar surface area (TPSA) is 36.7 Å². The zero-order valence-electron chi connectivity index (χ0n) is 6.49. The highest BCUT2D eigenvalue weighted by molar-refractivity contribution is 8.00. The maximum absolute atomic E-state index is 8.55. The molecular formula is C8H7ClN2S. The number of hydrogen-bond donors (Lipinski definition) is 0. The van der Waals surface area contributed by atoms with Gasteiger partial charge in [-0.1, -0.05) is 23.4 Å². The minimum Gasteiger partial charge on any atom is -0.248 e. The molecule has 1 atom stereocenters. The third-order valence-corrected chi connectivity index (χ3v) is 2.62. The monoisotopic (exact) mass is 198 g/mol. The molecule has 12 heavy (non-hydrogen) atoms. The van der Waals surface area contributed by atoms with Crippen molar-refractivity contribution in [2.45, 2.75) is 17.2 Å². The van der Waals surface area contributed by atoms with E-state index in [0.29, 0.717) is 10.0 Å². The van der Waals surface area contributed by atoms with Crippen LogP contribution in [0.25, 0.3) is 0 Å². The van der Waals surface area contributed by atoms with Gasteiger partial charge in [-0.2, -0.15) is 5.26 Å². The van der Waals surface area contributed by atoms with E-state index in [9.17, 15) is 0 Å². The van der Waals surface area contributed by atoms with Crippen LogP contribution in [0.15, 0.2) is 23.4 Å². The Bertz CT molecular complexity index is 308. The van der Waals surface area contributed by atoms with E-state index in [2.05, 4.69) is 11.1 Å². The van der Waals surface area contributed by atoms with Crippen LogP contribution in [-0.4, -0.2) is 10.2 Å². The fraction of sp³-hybridized carbons (Fsp3) is 0.250. The van der Waals surface area contributed by atoms with E-state index in [0.717, 1.165) is 0 Å². The molecule has 0 bridgehead atoms. The van der Waals surface area contributed by atoms with Crippen LogP contribution in [0.4, 0.5) is 0 Å². The Labute approximate surface area is 80.6 Å². The molecule has 1 heterocycles. The summed E-state index contributed by atoms with van der Waals surface area (Å²) in [4.78, 5) is 4.05. The summed E-state index contributed by atoms with van der Waals surface area (Å²) in [6.45, 7) is 1.82. The van der Waals surface area contributed by atoms with Gasteiger partial charge in [0, 0.05) is 6.20 Å². The quantitative estimate of drug-likeness (QED) is 0.686. The lowest BCUT2D eigenvalue weighted by molar-refractivity contribution is 1.12. The Balaban J connectivity index is 2.77. The van der Waals surface area contributed by atoms with Crippen molar-refractivity contribution in [3.8, 4) is 6.07 Å². The van der Waals surface area contributed by atoms with Gasteiger partial charge in [-0.15, -0.1) is 0 Å². The highest BCUT2D eigenvalue weighted by Gasteiger charge is 2.06. The van der Waals surface area contributed by atoms with E-state index in [1.54, 1.807) is 18.3 Å². The molecular weight excluding hydrogens is 192 g/mol. The van der Waals surface area contributed by atoms with Crippen molar-refractivity contribution in [2.24, 2.45) is 0 Å². The fourth-order valence-electron chi connectivity index (χ4n) is 0.652. The Morgan fingerprint density at radius 3 is 3.08 bits per heavy atom. The van der Waals surface area contributed by atoms with E-state index < -0.39 is 0 Å². The molecule has 0 N–H and O–H groups in total. The van der Waals surface area contributed by atoms with Gasteiger partial charge in [0.15, 0.2) is 0 Å². The first-order valence-corrected chi connectivity index (χ1v) is 4.66. The average Bonchev–Trinajstić information content (AvgIpc) is 2.09. The van der Waals surface area contributed by atoms with Gasteiger partial charge in [0.2, 0.25) is 0 Å². The molecule has 1 unspecified atom stereocenters. The molecule has 1 aromatic heterocycles. The number of hydrogen-bond acceptors (Lipinski definition) is 3. The SMILES string of the molecule is CC(C#N)Sc1ncccc1Cl. The molecule has 0 fully saturated rings. The maximum Gasteiger partial charge on any atom is 0.116 e. The molecule has 0 aliphatic rings. The third-order valence-electron chi connectivity index (χ3n) is 1.19. The Morgan fingerprint density at radius 1 is 1.75 bits per heavy atom. The van der Waals surface area contributed by atoms with Crippen molar-refractivity contribution in [2.75, 3.05) is 0 Å². The van der Waals surface area contributed by atoms with E-state index in [-0.39, 0.29) is 5.25 Å². The van der Waals surface area contributed by atoms with Crippen molar-refractivity contribution in [1.29, 1.82) is 5.26 Å². The predicted octanol–water partition coefficient (Wildman–Crippen LogP) is 2.74. The minimum absolute atomic E-state index is 0.114. The molecule has 0 aromatic carbocycles. The van der Waals surface area contributed by atoms with Crippen LogP contribution >= 0.6 is 23.4 Å². The number of thioether (sulfide) groups is 1. The lowest BCUT2D eigenvalue weighted by Crippen LogP contribution is -1.91. The van der Waals surface area contributed by atoms with Crippen LogP contribution in [-0.2, 0) is 0 Å². The van der Waals surface area contributed by atoms with Crippen molar-refractivity contribution in [3.05, 3.63) is 23.4 Å². The zero-order valence-corrected chi connectivity index (χ0v) is 8.06. The summed E-state index contributed by atoms with van der Waals surface area (Å²) in [5.74, 6) is 0. The first-order valence-electron chi connectivity index (χ1n) is 3.41. The molecule has 0 amide bonds. The first-order chi connectivity index (χ1) is 5.74. The first kappa shape index (κ1) is 9.37. The normalized spacial score (nSPS) is 12.1. The molecule has 0 saturated carbocycles. The zero-order chi connectivity index (χ0) is 8.97. The van der Waals surface area contributed by atoms with E-state index >= 15 is 0 Å². The lowest BCUT2D eigenvalue weighted by atomic mass is 10.5. The minimum atomic E-state index is -0.114. The van der Waals surface area contributed by atoms with Gasteiger partial charge in [0.25, 0.3) is 0 Å². The largest absolute Gasteiger partial charge is 0.248 e. The second kappa shape index (κ2) is 4.34. The van der Waals surface area contributed by atoms with Gasteiger partial charge in [-0.3, -0.25) is 0 Å². The molecule has 0 aliphatic heterocycles. The highest BCUT2D eigenvalue weighted by atomic mass is 35.5. The van der Waals surface area contributed by atoms with Gasteiger partial charge < -0.3 is 0 Å². The number of nitrogens with zero attached hydrogens (tertiary/aromatic N) is 2. The second-order valence-electron chi connectivity index (χ2n) is 2.18. The molecule has 0 spiro atoms.